The highest BCUT2D eigenvalue weighted by Gasteiger charge is 2.26. The van der Waals surface area contributed by atoms with E-state index in [1.165, 1.54) is 11.1 Å². The zero-order valence-corrected chi connectivity index (χ0v) is 13.8. The first-order valence-electron chi connectivity index (χ1n) is 8.08. The van der Waals surface area contributed by atoms with E-state index in [0.717, 1.165) is 51.9 Å². The number of rotatable bonds is 2. The van der Waals surface area contributed by atoms with Crippen molar-refractivity contribution >= 4 is 23.9 Å². The molecule has 0 bridgehead atoms. The number of nitrogens with zero attached hydrogens (tertiary/aromatic N) is 1. The smallest absolute Gasteiger partial charge is 0.226 e. The molecule has 2 aliphatic rings. The van der Waals surface area contributed by atoms with Gasteiger partial charge in [0.15, 0.2) is 0 Å². The lowest BCUT2D eigenvalue weighted by Gasteiger charge is -2.30. The molecule has 1 N–H and O–H groups in total. The van der Waals surface area contributed by atoms with Crippen molar-refractivity contribution in [3.05, 3.63) is 42.0 Å². The molecule has 1 atom stereocenters. The molecule has 0 aliphatic carbocycles. The Labute approximate surface area is 139 Å². The van der Waals surface area contributed by atoms with E-state index in [9.17, 15) is 4.79 Å². The van der Waals surface area contributed by atoms with Gasteiger partial charge in [0.25, 0.3) is 0 Å². The van der Waals surface area contributed by atoms with Gasteiger partial charge in [-0.15, -0.1) is 12.4 Å². The highest BCUT2D eigenvalue weighted by atomic mass is 35.5. The summed E-state index contributed by atoms with van der Waals surface area (Å²) in [6.45, 7) is 3.67. The maximum Gasteiger partial charge on any atom is 0.226 e. The molecule has 0 aromatic heterocycles. The average Bonchev–Trinajstić information content (AvgIpc) is 2.84. The Hall–Kier alpha value is -1.32. The largest absolute Gasteiger partial charge is 0.338 e. The van der Waals surface area contributed by atoms with E-state index in [1.807, 2.05) is 11.0 Å². The Morgan fingerprint density at radius 1 is 1.14 bits per heavy atom. The van der Waals surface area contributed by atoms with Gasteiger partial charge in [0.2, 0.25) is 5.91 Å². The number of nitrogens with one attached hydrogen (secondary N) is 1. The summed E-state index contributed by atoms with van der Waals surface area (Å²) in [4.78, 5) is 14.7. The topological polar surface area (TPSA) is 32.3 Å². The Balaban J connectivity index is 0.00000176. The lowest BCUT2D eigenvalue weighted by molar-refractivity contribution is -0.135. The van der Waals surface area contributed by atoms with Crippen molar-refractivity contribution in [3.8, 4) is 0 Å². The quantitative estimate of drug-likeness (QED) is 0.908. The van der Waals surface area contributed by atoms with Crippen LogP contribution >= 0.6 is 12.4 Å². The van der Waals surface area contributed by atoms with Crippen LogP contribution in [0.25, 0.3) is 5.57 Å². The molecule has 1 aromatic carbocycles. The Kier molecular flexibility index (Phi) is 6.47. The van der Waals surface area contributed by atoms with Gasteiger partial charge in [0.1, 0.15) is 0 Å². The summed E-state index contributed by atoms with van der Waals surface area (Å²) in [6.07, 6.45) is 6.35. The number of amides is 1. The van der Waals surface area contributed by atoms with Crippen LogP contribution < -0.4 is 5.32 Å². The second-order valence-corrected chi connectivity index (χ2v) is 6.01. The third-order valence-corrected chi connectivity index (χ3v) is 4.59. The first-order chi connectivity index (χ1) is 10.3. The van der Waals surface area contributed by atoms with Crippen molar-refractivity contribution in [3.63, 3.8) is 0 Å². The predicted octanol–water partition coefficient (Wildman–Crippen LogP) is 3.11. The molecular formula is C18H25ClN2O. The van der Waals surface area contributed by atoms with Gasteiger partial charge in [0, 0.05) is 19.0 Å². The molecular weight excluding hydrogens is 296 g/mol. The van der Waals surface area contributed by atoms with E-state index >= 15 is 0 Å². The lowest BCUT2D eigenvalue weighted by Crippen LogP contribution is -2.39. The van der Waals surface area contributed by atoms with E-state index in [4.69, 9.17) is 0 Å². The predicted molar refractivity (Wildman–Crippen MR) is 93.1 cm³/mol. The number of benzene rings is 1. The summed E-state index contributed by atoms with van der Waals surface area (Å²) in [5.74, 6) is 0.591. The first kappa shape index (κ1) is 17.0. The number of hydrogen-bond acceptors (Lipinski definition) is 2. The molecule has 0 saturated carbocycles. The minimum Gasteiger partial charge on any atom is -0.338 e. The van der Waals surface area contributed by atoms with Crippen molar-refractivity contribution < 1.29 is 4.79 Å². The maximum absolute atomic E-state index is 12.6. The van der Waals surface area contributed by atoms with Crippen LogP contribution in [0.2, 0.25) is 0 Å². The lowest BCUT2D eigenvalue weighted by atomic mass is 9.96. The van der Waals surface area contributed by atoms with E-state index in [1.54, 1.807) is 0 Å². The third-order valence-electron chi connectivity index (χ3n) is 4.59. The number of carbonyl (C=O) groups excluding carboxylic acids is 1. The normalized spacial score (nSPS) is 22.3. The second-order valence-electron chi connectivity index (χ2n) is 6.01. The standard InChI is InChI=1S/C18H24N2O.ClH/c21-18(17-7-4-11-19-12-8-17)20-13-9-16(10-14-20)15-5-2-1-3-6-15;/h1-3,5-6,9,17,19H,4,7-8,10-14H2;1H. The monoisotopic (exact) mass is 320 g/mol. The van der Waals surface area contributed by atoms with Crippen molar-refractivity contribution in [1.29, 1.82) is 0 Å². The van der Waals surface area contributed by atoms with Crippen LogP contribution in [0.5, 0.6) is 0 Å². The Morgan fingerprint density at radius 3 is 2.68 bits per heavy atom. The molecule has 1 fully saturated rings. The Morgan fingerprint density at radius 2 is 1.95 bits per heavy atom. The minimum absolute atomic E-state index is 0. The van der Waals surface area contributed by atoms with Crippen LogP contribution in [-0.2, 0) is 4.79 Å². The van der Waals surface area contributed by atoms with Crippen LogP contribution in [0.4, 0.5) is 0 Å². The summed E-state index contributed by atoms with van der Waals surface area (Å²) in [6, 6.07) is 10.5. The van der Waals surface area contributed by atoms with Gasteiger partial charge in [-0.2, -0.15) is 0 Å². The van der Waals surface area contributed by atoms with Gasteiger partial charge >= 0.3 is 0 Å². The molecule has 120 valence electrons. The summed E-state index contributed by atoms with van der Waals surface area (Å²) in [5, 5.41) is 3.38. The number of halogens is 1. The molecule has 2 aliphatic heterocycles. The van der Waals surface area contributed by atoms with Crippen molar-refractivity contribution in [1.82, 2.24) is 10.2 Å². The number of hydrogen-bond donors (Lipinski definition) is 1. The molecule has 0 spiro atoms. The van der Waals surface area contributed by atoms with Gasteiger partial charge < -0.3 is 10.2 Å². The summed E-state index contributed by atoms with van der Waals surface area (Å²) >= 11 is 0. The van der Waals surface area contributed by atoms with E-state index in [2.05, 4.69) is 35.7 Å². The van der Waals surface area contributed by atoms with Gasteiger partial charge in [-0.25, -0.2) is 0 Å². The van der Waals surface area contributed by atoms with Crippen LogP contribution in [0, 0.1) is 5.92 Å². The highest BCUT2D eigenvalue weighted by Crippen LogP contribution is 2.24. The molecule has 1 amide bonds. The van der Waals surface area contributed by atoms with Gasteiger partial charge in [-0.05, 0) is 49.9 Å². The molecule has 1 aromatic rings. The highest BCUT2D eigenvalue weighted by molar-refractivity contribution is 5.85. The van der Waals surface area contributed by atoms with E-state index in [0.29, 0.717) is 5.91 Å². The molecule has 1 saturated heterocycles. The Bertz CT molecular complexity index is 507. The zero-order valence-electron chi connectivity index (χ0n) is 13.0. The van der Waals surface area contributed by atoms with Crippen LogP contribution in [0.15, 0.2) is 36.4 Å². The molecule has 22 heavy (non-hydrogen) atoms. The van der Waals surface area contributed by atoms with Crippen LogP contribution in [-0.4, -0.2) is 37.0 Å². The van der Waals surface area contributed by atoms with Gasteiger partial charge in [0.05, 0.1) is 0 Å². The van der Waals surface area contributed by atoms with E-state index < -0.39 is 0 Å². The van der Waals surface area contributed by atoms with Crippen molar-refractivity contribution in [2.75, 3.05) is 26.2 Å². The summed E-state index contributed by atoms with van der Waals surface area (Å²) < 4.78 is 0. The fourth-order valence-electron chi connectivity index (χ4n) is 3.31. The SMILES string of the molecule is Cl.O=C(C1CCCNCC1)N1CC=C(c2ccccc2)CC1. The minimum atomic E-state index is 0. The van der Waals surface area contributed by atoms with Gasteiger partial charge in [-0.1, -0.05) is 36.4 Å². The maximum atomic E-state index is 12.6. The fraction of sp³-hybridized carbons (Fsp3) is 0.500. The first-order valence-corrected chi connectivity index (χ1v) is 8.08. The second kappa shape index (κ2) is 8.35. The average molecular weight is 321 g/mol. The summed E-state index contributed by atoms with van der Waals surface area (Å²) in [7, 11) is 0. The third kappa shape index (κ3) is 4.11. The molecule has 3 nitrogen and oxygen atoms in total. The molecule has 4 heteroatoms. The van der Waals surface area contributed by atoms with Crippen LogP contribution in [0.3, 0.4) is 0 Å². The van der Waals surface area contributed by atoms with Crippen molar-refractivity contribution in [2.24, 2.45) is 5.92 Å². The molecule has 1 unspecified atom stereocenters. The van der Waals surface area contributed by atoms with Crippen LogP contribution in [0.1, 0.15) is 31.2 Å². The molecule has 3 rings (SSSR count). The zero-order chi connectivity index (χ0) is 14.5. The number of carbonyl (C=O) groups is 1. The fourth-order valence-corrected chi connectivity index (χ4v) is 3.31. The summed E-state index contributed by atoms with van der Waals surface area (Å²) in [5.41, 5.74) is 2.67. The molecule has 0 radical (unpaired) electrons. The van der Waals surface area contributed by atoms with Gasteiger partial charge in [-0.3, -0.25) is 4.79 Å². The van der Waals surface area contributed by atoms with Crippen molar-refractivity contribution in [2.45, 2.75) is 25.7 Å². The molecule has 2 heterocycles. The van der Waals surface area contributed by atoms with E-state index in [-0.39, 0.29) is 18.3 Å².